The van der Waals surface area contributed by atoms with E-state index in [2.05, 4.69) is 27.7 Å². The first kappa shape index (κ1) is 19.2. The van der Waals surface area contributed by atoms with E-state index in [1.165, 1.54) is 0 Å². The monoisotopic (exact) mass is 326 g/mol. The van der Waals surface area contributed by atoms with Gasteiger partial charge >= 0.3 is 0 Å². The van der Waals surface area contributed by atoms with Gasteiger partial charge in [-0.25, -0.2) is 0 Å². The second-order valence-corrected chi connectivity index (χ2v) is 9.35. The molecule has 2 rings (SSSR count). The van der Waals surface area contributed by atoms with Gasteiger partial charge in [0.15, 0.2) is 0 Å². The summed E-state index contributed by atoms with van der Waals surface area (Å²) in [6.07, 6.45) is 8.03. The van der Waals surface area contributed by atoms with E-state index in [4.69, 9.17) is 0 Å². The number of fused-ring (bicyclic) bond motifs is 1. The zero-order valence-corrected chi connectivity index (χ0v) is 15.6. The summed E-state index contributed by atoms with van der Waals surface area (Å²) in [5.74, 6) is 0.750. The molecule has 0 bridgehead atoms. The van der Waals surface area contributed by atoms with Crippen molar-refractivity contribution in [3.8, 4) is 0 Å². The van der Waals surface area contributed by atoms with Crippen molar-refractivity contribution in [2.45, 2.75) is 85.2 Å². The smallest absolute Gasteiger partial charge is 0.0624 e. The Labute approximate surface area is 142 Å². The third-order valence-electron chi connectivity index (χ3n) is 7.73. The van der Waals surface area contributed by atoms with E-state index < -0.39 is 0 Å². The molecule has 2 aliphatic rings. The van der Waals surface area contributed by atoms with Crippen LogP contribution in [0, 0.1) is 28.1 Å². The fourth-order valence-electron chi connectivity index (χ4n) is 5.86. The fraction of sp³-hybridized carbons (Fsp3) is 1.00. The van der Waals surface area contributed by atoms with Crippen molar-refractivity contribution in [3.05, 3.63) is 0 Å². The van der Waals surface area contributed by atoms with Crippen LogP contribution in [-0.4, -0.2) is 34.6 Å². The predicted octanol–water partition coefficient (Wildman–Crippen LogP) is 3.75. The van der Waals surface area contributed by atoms with Gasteiger partial charge in [-0.1, -0.05) is 40.5 Å². The van der Waals surface area contributed by atoms with E-state index in [0.717, 1.165) is 51.4 Å². The highest BCUT2D eigenvalue weighted by atomic mass is 16.3. The number of rotatable bonds is 6. The summed E-state index contributed by atoms with van der Waals surface area (Å²) in [4.78, 5) is 0. The highest BCUT2D eigenvalue weighted by Crippen LogP contribution is 2.59. The van der Waals surface area contributed by atoms with Crippen LogP contribution in [0.1, 0.15) is 79.1 Å². The molecule has 0 amide bonds. The van der Waals surface area contributed by atoms with Crippen LogP contribution < -0.4 is 0 Å². The summed E-state index contributed by atoms with van der Waals surface area (Å²) in [6, 6.07) is 0. The van der Waals surface area contributed by atoms with Crippen LogP contribution in [0.4, 0.5) is 0 Å². The number of aliphatic hydroxyl groups is 3. The molecular weight excluding hydrogens is 288 g/mol. The molecule has 0 radical (unpaired) electrons. The molecule has 0 saturated heterocycles. The zero-order chi connectivity index (χ0) is 17.3. The van der Waals surface area contributed by atoms with Gasteiger partial charge in [-0.3, -0.25) is 0 Å². The standard InChI is InChI=1S/C20H38O3/c1-5-18(2,11-12-21)13-15-7-8-16-19(3,14-22)9-6-10-20(16,4)17(15)23/h15-17,21-23H,5-14H2,1-4H3/t15-,16-,17-,18+,19+,20-/m1/s1. The minimum absolute atomic E-state index is 0.0297. The molecule has 0 spiro atoms. The van der Waals surface area contributed by atoms with Gasteiger partial charge in [0.05, 0.1) is 6.10 Å². The number of hydrogen-bond donors (Lipinski definition) is 3. The van der Waals surface area contributed by atoms with Gasteiger partial charge in [-0.2, -0.15) is 0 Å². The van der Waals surface area contributed by atoms with Crippen molar-refractivity contribution >= 4 is 0 Å². The van der Waals surface area contributed by atoms with E-state index in [0.29, 0.717) is 11.8 Å². The first-order chi connectivity index (χ1) is 10.7. The predicted molar refractivity (Wildman–Crippen MR) is 94.1 cm³/mol. The van der Waals surface area contributed by atoms with Crippen LogP contribution in [0.15, 0.2) is 0 Å². The van der Waals surface area contributed by atoms with Gasteiger partial charge in [0, 0.05) is 13.2 Å². The topological polar surface area (TPSA) is 60.7 Å². The second kappa shape index (κ2) is 7.01. The van der Waals surface area contributed by atoms with E-state index in [1.54, 1.807) is 0 Å². The molecule has 2 fully saturated rings. The molecule has 0 aromatic rings. The Hall–Kier alpha value is -0.120. The summed E-state index contributed by atoms with van der Waals surface area (Å²) in [5.41, 5.74) is 0.0309. The zero-order valence-electron chi connectivity index (χ0n) is 15.6. The van der Waals surface area contributed by atoms with Crippen molar-refractivity contribution in [2.24, 2.45) is 28.1 Å². The van der Waals surface area contributed by atoms with Crippen LogP contribution in [0.5, 0.6) is 0 Å². The normalized spacial score (nSPS) is 43.7. The molecule has 3 N–H and O–H groups in total. The van der Waals surface area contributed by atoms with Gasteiger partial charge in [0.25, 0.3) is 0 Å². The van der Waals surface area contributed by atoms with Gasteiger partial charge < -0.3 is 15.3 Å². The lowest BCUT2D eigenvalue weighted by Crippen LogP contribution is -2.56. The van der Waals surface area contributed by atoms with Crippen LogP contribution in [0.2, 0.25) is 0 Å². The largest absolute Gasteiger partial charge is 0.396 e. The van der Waals surface area contributed by atoms with Gasteiger partial charge in [0.2, 0.25) is 0 Å². The Morgan fingerprint density at radius 1 is 1.13 bits per heavy atom. The molecule has 136 valence electrons. The maximum Gasteiger partial charge on any atom is 0.0624 e. The molecule has 0 aliphatic heterocycles. The van der Waals surface area contributed by atoms with Crippen LogP contribution in [0.3, 0.4) is 0 Å². The minimum Gasteiger partial charge on any atom is -0.396 e. The van der Waals surface area contributed by atoms with E-state index in [1.807, 2.05) is 0 Å². The van der Waals surface area contributed by atoms with Gasteiger partial charge in [-0.15, -0.1) is 0 Å². The molecule has 6 atom stereocenters. The van der Waals surface area contributed by atoms with Crippen LogP contribution in [0.25, 0.3) is 0 Å². The summed E-state index contributed by atoms with van der Waals surface area (Å²) in [5, 5.41) is 30.6. The summed E-state index contributed by atoms with van der Waals surface area (Å²) in [6.45, 7) is 9.39. The summed E-state index contributed by atoms with van der Waals surface area (Å²) >= 11 is 0. The third-order valence-corrected chi connectivity index (χ3v) is 7.73. The average Bonchev–Trinajstić information content (AvgIpc) is 2.52. The maximum atomic E-state index is 11.2. The molecule has 2 aliphatic carbocycles. The lowest BCUT2D eigenvalue weighted by molar-refractivity contribution is -0.160. The van der Waals surface area contributed by atoms with Crippen molar-refractivity contribution in [2.75, 3.05) is 13.2 Å². The Morgan fingerprint density at radius 3 is 2.39 bits per heavy atom. The number of aliphatic hydroxyl groups excluding tert-OH is 3. The Morgan fingerprint density at radius 2 is 1.83 bits per heavy atom. The molecule has 2 saturated carbocycles. The third kappa shape index (κ3) is 3.48. The molecule has 0 unspecified atom stereocenters. The van der Waals surface area contributed by atoms with Crippen LogP contribution in [-0.2, 0) is 0 Å². The van der Waals surface area contributed by atoms with Crippen LogP contribution >= 0.6 is 0 Å². The molecule has 0 aromatic heterocycles. The lowest BCUT2D eigenvalue weighted by Gasteiger charge is -2.58. The summed E-state index contributed by atoms with van der Waals surface area (Å²) in [7, 11) is 0. The van der Waals surface area contributed by atoms with Crippen molar-refractivity contribution in [1.82, 2.24) is 0 Å². The lowest BCUT2D eigenvalue weighted by atomic mass is 9.48. The van der Waals surface area contributed by atoms with E-state index in [9.17, 15) is 15.3 Å². The van der Waals surface area contributed by atoms with Crippen molar-refractivity contribution in [3.63, 3.8) is 0 Å². The van der Waals surface area contributed by atoms with Crippen molar-refractivity contribution in [1.29, 1.82) is 0 Å². The van der Waals surface area contributed by atoms with E-state index >= 15 is 0 Å². The SMILES string of the molecule is CC[C@@](C)(CCO)C[C@H]1CC[C@@H]2[C@](C)(CO)CCC[C@@]2(C)[C@@H]1O. The molecule has 3 nitrogen and oxygen atoms in total. The fourth-order valence-corrected chi connectivity index (χ4v) is 5.86. The molecule has 0 heterocycles. The average molecular weight is 327 g/mol. The van der Waals surface area contributed by atoms with Gasteiger partial charge in [0.1, 0.15) is 0 Å². The Balaban J connectivity index is 2.17. The van der Waals surface area contributed by atoms with Crippen molar-refractivity contribution < 1.29 is 15.3 Å². The van der Waals surface area contributed by atoms with E-state index in [-0.39, 0.29) is 35.6 Å². The second-order valence-electron chi connectivity index (χ2n) is 9.35. The first-order valence-electron chi connectivity index (χ1n) is 9.64. The molecular formula is C20H38O3. The van der Waals surface area contributed by atoms with Gasteiger partial charge in [-0.05, 0) is 66.6 Å². The Kier molecular flexibility index (Phi) is 5.86. The molecule has 3 heteroatoms. The first-order valence-corrected chi connectivity index (χ1v) is 9.64. The quantitative estimate of drug-likeness (QED) is 0.696. The highest BCUT2D eigenvalue weighted by Gasteiger charge is 2.56. The maximum absolute atomic E-state index is 11.2. The Bertz CT molecular complexity index is 398. The highest BCUT2D eigenvalue weighted by molar-refractivity contribution is 5.05. The number of hydrogen-bond acceptors (Lipinski definition) is 3. The molecule has 0 aromatic carbocycles. The molecule has 23 heavy (non-hydrogen) atoms. The minimum atomic E-state index is -0.281. The summed E-state index contributed by atoms with van der Waals surface area (Å²) < 4.78 is 0.